The SMILES string of the molecule is Cc1ncc([N+](=O)[O-])n1CCNC(c1ccccc1)c1ccccc1Cl. The minimum atomic E-state index is -0.414. The third-order valence-corrected chi connectivity index (χ3v) is 4.60. The third-order valence-electron chi connectivity index (χ3n) is 4.25. The van der Waals surface area contributed by atoms with Gasteiger partial charge in [-0.1, -0.05) is 60.1 Å². The summed E-state index contributed by atoms with van der Waals surface area (Å²) in [5.74, 6) is 0.616. The Balaban J connectivity index is 1.81. The molecule has 2 aromatic carbocycles. The molecule has 3 aromatic rings. The highest BCUT2D eigenvalue weighted by atomic mass is 35.5. The summed E-state index contributed by atoms with van der Waals surface area (Å²) < 4.78 is 1.60. The van der Waals surface area contributed by atoms with Crippen molar-refractivity contribution in [3.05, 3.63) is 92.9 Å². The smallest absolute Gasteiger partial charge is 0.342 e. The topological polar surface area (TPSA) is 73.0 Å². The van der Waals surface area contributed by atoms with Gasteiger partial charge in [-0.15, -0.1) is 0 Å². The van der Waals surface area contributed by atoms with Crippen molar-refractivity contribution in [2.75, 3.05) is 6.54 Å². The minimum Gasteiger partial charge on any atom is -0.358 e. The summed E-state index contributed by atoms with van der Waals surface area (Å²) in [5.41, 5.74) is 2.05. The summed E-state index contributed by atoms with van der Waals surface area (Å²) >= 11 is 6.39. The molecule has 1 atom stereocenters. The highest BCUT2D eigenvalue weighted by molar-refractivity contribution is 6.31. The van der Waals surface area contributed by atoms with Crippen LogP contribution in [0.1, 0.15) is 23.0 Å². The summed E-state index contributed by atoms with van der Waals surface area (Å²) in [4.78, 5) is 14.8. The number of halogens is 1. The van der Waals surface area contributed by atoms with Gasteiger partial charge in [-0.25, -0.2) is 9.55 Å². The first-order valence-electron chi connectivity index (χ1n) is 8.27. The molecular weight excluding hydrogens is 352 g/mol. The van der Waals surface area contributed by atoms with E-state index in [0.29, 0.717) is 23.9 Å². The molecule has 0 bridgehead atoms. The van der Waals surface area contributed by atoms with Crippen LogP contribution in [-0.2, 0) is 6.54 Å². The van der Waals surface area contributed by atoms with Crippen molar-refractivity contribution in [2.45, 2.75) is 19.5 Å². The van der Waals surface area contributed by atoms with Crippen molar-refractivity contribution < 1.29 is 4.92 Å². The molecule has 6 nitrogen and oxygen atoms in total. The number of aromatic nitrogens is 2. The van der Waals surface area contributed by atoms with E-state index in [9.17, 15) is 10.1 Å². The fourth-order valence-electron chi connectivity index (χ4n) is 2.96. The highest BCUT2D eigenvalue weighted by Gasteiger charge is 2.19. The van der Waals surface area contributed by atoms with Crippen LogP contribution in [0, 0.1) is 17.0 Å². The Morgan fingerprint density at radius 2 is 1.88 bits per heavy atom. The van der Waals surface area contributed by atoms with E-state index in [4.69, 9.17) is 11.6 Å². The number of nitro groups is 1. The summed E-state index contributed by atoms with van der Waals surface area (Å²) in [7, 11) is 0. The van der Waals surface area contributed by atoms with Crippen LogP contribution >= 0.6 is 11.6 Å². The quantitative estimate of drug-likeness (QED) is 0.501. The zero-order valence-corrected chi connectivity index (χ0v) is 15.1. The minimum absolute atomic E-state index is 0.00157. The van der Waals surface area contributed by atoms with E-state index < -0.39 is 4.92 Å². The molecule has 26 heavy (non-hydrogen) atoms. The average Bonchev–Trinajstić information content (AvgIpc) is 3.01. The van der Waals surface area contributed by atoms with Gasteiger partial charge < -0.3 is 15.4 Å². The van der Waals surface area contributed by atoms with E-state index in [2.05, 4.69) is 10.3 Å². The number of imidazole rings is 1. The van der Waals surface area contributed by atoms with Gasteiger partial charge in [0, 0.05) is 18.5 Å². The number of nitrogens with zero attached hydrogens (tertiary/aromatic N) is 3. The lowest BCUT2D eigenvalue weighted by Crippen LogP contribution is -2.27. The first kappa shape index (κ1) is 18.1. The lowest BCUT2D eigenvalue weighted by molar-refractivity contribution is -0.392. The summed E-state index contributed by atoms with van der Waals surface area (Å²) in [6.45, 7) is 2.73. The molecule has 0 amide bonds. The van der Waals surface area contributed by atoms with E-state index in [-0.39, 0.29) is 11.9 Å². The van der Waals surface area contributed by atoms with Crippen LogP contribution in [0.5, 0.6) is 0 Å². The fourth-order valence-corrected chi connectivity index (χ4v) is 3.21. The van der Waals surface area contributed by atoms with Crippen molar-refractivity contribution in [1.82, 2.24) is 14.9 Å². The monoisotopic (exact) mass is 370 g/mol. The number of hydrogen-bond acceptors (Lipinski definition) is 4. The maximum atomic E-state index is 11.1. The summed E-state index contributed by atoms with van der Waals surface area (Å²) in [5, 5.41) is 15.3. The Morgan fingerprint density at radius 3 is 2.58 bits per heavy atom. The van der Waals surface area contributed by atoms with Gasteiger partial charge in [0.25, 0.3) is 0 Å². The zero-order valence-electron chi connectivity index (χ0n) is 14.3. The average molecular weight is 371 g/mol. The summed E-state index contributed by atoms with van der Waals surface area (Å²) in [6, 6.07) is 17.6. The van der Waals surface area contributed by atoms with Crippen molar-refractivity contribution in [1.29, 1.82) is 0 Å². The van der Waals surface area contributed by atoms with Crippen LogP contribution in [-0.4, -0.2) is 21.0 Å². The van der Waals surface area contributed by atoms with Gasteiger partial charge in [0.1, 0.15) is 12.7 Å². The molecular formula is C19H19ClN4O2. The van der Waals surface area contributed by atoms with Crippen LogP contribution in [0.2, 0.25) is 5.02 Å². The van der Waals surface area contributed by atoms with Crippen LogP contribution in [0.15, 0.2) is 60.8 Å². The lowest BCUT2D eigenvalue weighted by atomic mass is 9.98. The first-order chi connectivity index (χ1) is 12.6. The molecule has 3 rings (SSSR count). The number of benzene rings is 2. The Labute approximate surface area is 156 Å². The molecule has 1 heterocycles. The number of aryl methyl sites for hydroxylation is 1. The fraction of sp³-hybridized carbons (Fsp3) is 0.211. The van der Waals surface area contributed by atoms with Crippen LogP contribution in [0.4, 0.5) is 5.82 Å². The van der Waals surface area contributed by atoms with Crippen molar-refractivity contribution in [2.24, 2.45) is 0 Å². The number of nitrogens with one attached hydrogen (secondary N) is 1. The standard InChI is InChI=1S/C19H19ClN4O2/c1-14-22-13-18(24(25)26)23(14)12-11-21-19(15-7-3-2-4-8-15)16-9-5-6-10-17(16)20/h2-10,13,19,21H,11-12H2,1H3. The molecule has 0 radical (unpaired) electrons. The maximum absolute atomic E-state index is 11.1. The van der Waals surface area contributed by atoms with Crippen LogP contribution < -0.4 is 5.32 Å². The molecule has 0 fully saturated rings. The van der Waals surface area contributed by atoms with Crippen molar-refractivity contribution in [3.8, 4) is 0 Å². The molecule has 0 aliphatic carbocycles. The molecule has 1 aromatic heterocycles. The molecule has 0 spiro atoms. The molecule has 0 aliphatic rings. The molecule has 7 heteroatoms. The highest BCUT2D eigenvalue weighted by Crippen LogP contribution is 2.28. The van der Waals surface area contributed by atoms with Gasteiger partial charge in [-0.2, -0.15) is 0 Å². The van der Waals surface area contributed by atoms with E-state index >= 15 is 0 Å². The Morgan fingerprint density at radius 1 is 1.19 bits per heavy atom. The molecule has 0 saturated heterocycles. The lowest BCUT2D eigenvalue weighted by Gasteiger charge is -2.20. The van der Waals surface area contributed by atoms with Gasteiger partial charge in [-0.3, -0.25) is 0 Å². The molecule has 134 valence electrons. The van der Waals surface area contributed by atoms with Gasteiger partial charge in [0.2, 0.25) is 0 Å². The second-order valence-corrected chi connectivity index (χ2v) is 6.30. The predicted octanol–water partition coefficient (Wildman–Crippen LogP) is 4.13. The number of rotatable bonds is 7. The van der Waals surface area contributed by atoms with Gasteiger partial charge in [0.15, 0.2) is 5.82 Å². The Kier molecular flexibility index (Phi) is 5.65. The zero-order chi connectivity index (χ0) is 18.5. The van der Waals surface area contributed by atoms with Gasteiger partial charge >= 0.3 is 5.82 Å². The summed E-state index contributed by atoms with van der Waals surface area (Å²) in [6.07, 6.45) is 1.29. The van der Waals surface area contributed by atoms with Crippen LogP contribution in [0.3, 0.4) is 0 Å². The van der Waals surface area contributed by atoms with Gasteiger partial charge in [-0.05, 0) is 22.1 Å². The van der Waals surface area contributed by atoms with Crippen molar-refractivity contribution >= 4 is 17.4 Å². The van der Waals surface area contributed by atoms with Crippen molar-refractivity contribution in [3.63, 3.8) is 0 Å². The third kappa shape index (κ3) is 3.92. The molecule has 1 unspecified atom stereocenters. The normalized spacial score (nSPS) is 12.1. The van der Waals surface area contributed by atoms with Gasteiger partial charge in [0.05, 0.1) is 6.04 Å². The molecule has 0 aliphatic heterocycles. The van der Waals surface area contributed by atoms with E-state index in [0.717, 1.165) is 11.1 Å². The number of hydrogen-bond donors (Lipinski definition) is 1. The van der Waals surface area contributed by atoms with Crippen LogP contribution in [0.25, 0.3) is 0 Å². The Bertz CT molecular complexity index is 896. The maximum Gasteiger partial charge on any atom is 0.342 e. The largest absolute Gasteiger partial charge is 0.358 e. The first-order valence-corrected chi connectivity index (χ1v) is 8.65. The van der Waals surface area contributed by atoms with E-state index in [1.54, 1.807) is 11.5 Å². The second kappa shape index (κ2) is 8.12. The van der Waals surface area contributed by atoms with E-state index in [1.165, 1.54) is 6.20 Å². The van der Waals surface area contributed by atoms with E-state index in [1.807, 2.05) is 54.6 Å². The Hall–Kier alpha value is -2.70. The second-order valence-electron chi connectivity index (χ2n) is 5.89. The molecule has 0 saturated carbocycles. The molecule has 1 N–H and O–H groups in total. The predicted molar refractivity (Wildman–Crippen MR) is 101 cm³/mol.